The van der Waals surface area contributed by atoms with Crippen LogP contribution in [-0.2, 0) is 6.54 Å². The Kier molecular flexibility index (Phi) is 5.95. The molecule has 0 aliphatic carbocycles. The topological polar surface area (TPSA) is 68.3 Å². The fourth-order valence-electron chi connectivity index (χ4n) is 2.39. The molecule has 0 aliphatic rings. The zero-order chi connectivity index (χ0) is 16.8. The Morgan fingerprint density at radius 3 is 2.70 bits per heavy atom. The molecule has 0 saturated carbocycles. The zero-order valence-corrected chi connectivity index (χ0v) is 14.3. The molecule has 0 saturated heterocycles. The van der Waals surface area contributed by atoms with Gasteiger partial charge in [0, 0.05) is 24.2 Å². The van der Waals surface area contributed by atoms with Gasteiger partial charge in [0.25, 0.3) is 5.56 Å². The van der Waals surface area contributed by atoms with Crippen molar-refractivity contribution < 1.29 is 9.47 Å². The fourth-order valence-corrected chi connectivity index (χ4v) is 2.68. The number of hydrogen-bond acceptors (Lipinski definition) is 5. The molecule has 124 valence electrons. The van der Waals surface area contributed by atoms with Crippen molar-refractivity contribution in [2.75, 3.05) is 27.8 Å². The lowest BCUT2D eigenvalue weighted by Gasteiger charge is -2.16. The summed E-state index contributed by atoms with van der Waals surface area (Å²) in [5, 5.41) is 3.11. The highest BCUT2D eigenvalue weighted by atomic mass is 32.1. The Labute approximate surface area is 140 Å². The average molecular weight is 335 g/mol. The first-order valence-electron chi connectivity index (χ1n) is 7.32. The number of rotatable bonds is 7. The molecule has 7 heteroatoms. The van der Waals surface area contributed by atoms with Crippen molar-refractivity contribution in [2.24, 2.45) is 0 Å². The van der Waals surface area contributed by atoms with E-state index in [0.29, 0.717) is 22.8 Å². The second-order valence-corrected chi connectivity index (χ2v) is 5.39. The summed E-state index contributed by atoms with van der Waals surface area (Å²) in [6, 6.07) is 7.03. The molecule has 6 nitrogen and oxygen atoms in total. The van der Waals surface area contributed by atoms with Crippen LogP contribution in [0.2, 0.25) is 0 Å². The minimum atomic E-state index is -0.229. The van der Waals surface area contributed by atoms with Crippen molar-refractivity contribution in [3.8, 4) is 22.8 Å². The number of aromatic amines is 1. The summed E-state index contributed by atoms with van der Waals surface area (Å²) in [4.78, 5) is 14.5. The molecular weight excluding hydrogens is 314 g/mol. The van der Waals surface area contributed by atoms with Crippen molar-refractivity contribution in [3.63, 3.8) is 0 Å². The number of ether oxygens (including phenoxy) is 2. The van der Waals surface area contributed by atoms with E-state index in [2.05, 4.69) is 10.3 Å². The van der Waals surface area contributed by atoms with Crippen LogP contribution < -0.4 is 20.3 Å². The van der Waals surface area contributed by atoms with Gasteiger partial charge in [-0.05, 0) is 44.4 Å². The first-order chi connectivity index (χ1) is 11.1. The second-order valence-electron chi connectivity index (χ2n) is 5.00. The molecule has 0 amide bonds. The smallest absolute Gasteiger partial charge is 0.252 e. The van der Waals surface area contributed by atoms with Gasteiger partial charge in [0.2, 0.25) is 0 Å². The highest BCUT2D eigenvalue weighted by molar-refractivity contribution is 7.71. The maximum absolute atomic E-state index is 11.9. The molecule has 2 aromatic rings. The maximum Gasteiger partial charge on any atom is 0.252 e. The number of benzene rings is 1. The van der Waals surface area contributed by atoms with E-state index < -0.39 is 0 Å². The molecule has 0 aliphatic heterocycles. The van der Waals surface area contributed by atoms with Gasteiger partial charge in [-0.3, -0.25) is 9.78 Å². The van der Waals surface area contributed by atoms with Crippen LogP contribution in [0.5, 0.6) is 11.5 Å². The van der Waals surface area contributed by atoms with Crippen LogP contribution in [0, 0.1) is 4.77 Å². The van der Waals surface area contributed by atoms with Gasteiger partial charge in [0.05, 0.1) is 19.9 Å². The van der Waals surface area contributed by atoms with E-state index in [9.17, 15) is 4.79 Å². The lowest BCUT2D eigenvalue weighted by molar-refractivity contribution is 0.395. The molecular formula is C16H21N3O3S. The van der Waals surface area contributed by atoms with Crippen molar-refractivity contribution in [3.05, 3.63) is 39.4 Å². The zero-order valence-electron chi connectivity index (χ0n) is 13.5. The van der Waals surface area contributed by atoms with Crippen LogP contribution in [0.4, 0.5) is 0 Å². The standard InChI is InChI=1S/C16H21N3O3S/c1-17-7-4-8-19-13(10-15(20)18-16(19)23)12-6-5-11(21-2)9-14(12)22-3/h5-6,9-10,17H,4,7-8H2,1-3H3,(H,18,20,23). The van der Waals surface area contributed by atoms with Gasteiger partial charge in [0.15, 0.2) is 4.77 Å². The minimum Gasteiger partial charge on any atom is -0.497 e. The van der Waals surface area contributed by atoms with Gasteiger partial charge in [0.1, 0.15) is 11.5 Å². The Morgan fingerprint density at radius 2 is 2.04 bits per heavy atom. The summed E-state index contributed by atoms with van der Waals surface area (Å²) in [5.41, 5.74) is 1.30. The van der Waals surface area contributed by atoms with Crippen LogP contribution in [0.15, 0.2) is 29.1 Å². The molecule has 23 heavy (non-hydrogen) atoms. The lowest BCUT2D eigenvalue weighted by atomic mass is 10.1. The first-order valence-corrected chi connectivity index (χ1v) is 7.72. The van der Waals surface area contributed by atoms with Crippen LogP contribution >= 0.6 is 12.2 Å². The molecule has 0 unspecified atom stereocenters. The average Bonchev–Trinajstić information content (AvgIpc) is 2.55. The van der Waals surface area contributed by atoms with E-state index in [1.165, 1.54) is 0 Å². The summed E-state index contributed by atoms with van der Waals surface area (Å²) < 4.78 is 13.0. The van der Waals surface area contributed by atoms with Gasteiger partial charge >= 0.3 is 0 Å². The Hall–Kier alpha value is -2.12. The summed E-state index contributed by atoms with van der Waals surface area (Å²) in [6.45, 7) is 1.56. The van der Waals surface area contributed by atoms with Crippen LogP contribution in [0.1, 0.15) is 6.42 Å². The molecule has 1 heterocycles. The molecule has 2 N–H and O–H groups in total. The molecule has 0 fully saturated rings. The molecule has 0 radical (unpaired) electrons. The van der Waals surface area contributed by atoms with Crippen molar-refractivity contribution >= 4 is 12.2 Å². The maximum atomic E-state index is 11.9. The van der Waals surface area contributed by atoms with Crippen molar-refractivity contribution in [2.45, 2.75) is 13.0 Å². The van der Waals surface area contributed by atoms with E-state index in [-0.39, 0.29) is 5.56 Å². The predicted octanol–water partition coefficient (Wildman–Crippen LogP) is 2.20. The minimum absolute atomic E-state index is 0.229. The Balaban J connectivity index is 2.57. The third-order valence-electron chi connectivity index (χ3n) is 3.53. The Morgan fingerprint density at radius 1 is 1.26 bits per heavy atom. The van der Waals surface area contributed by atoms with Crippen molar-refractivity contribution in [1.29, 1.82) is 0 Å². The predicted molar refractivity (Wildman–Crippen MR) is 93.0 cm³/mol. The van der Waals surface area contributed by atoms with Gasteiger partial charge < -0.3 is 19.4 Å². The summed E-state index contributed by atoms with van der Waals surface area (Å²) in [5.74, 6) is 1.32. The summed E-state index contributed by atoms with van der Waals surface area (Å²) in [6.07, 6.45) is 0.891. The second kappa shape index (κ2) is 7.94. The van der Waals surface area contributed by atoms with E-state index in [1.807, 2.05) is 23.7 Å². The largest absolute Gasteiger partial charge is 0.497 e. The first kappa shape index (κ1) is 17.2. The normalized spacial score (nSPS) is 10.6. The lowest BCUT2D eigenvalue weighted by Crippen LogP contribution is -2.17. The number of nitrogens with one attached hydrogen (secondary N) is 2. The van der Waals surface area contributed by atoms with Crippen LogP contribution in [-0.4, -0.2) is 37.4 Å². The molecule has 0 atom stereocenters. The van der Waals surface area contributed by atoms with E-state index in [1.54, 1.807) is 26.4 Å². The molecule has 1 aromatic heterocycles. The quantitative estimate of drug-likeness (QED) is 0.600. The van der Waals surface area contributed by atoms with Gasteiger partial charge in [-0.2, -0.15) is 0 Å². The molecule has 1 aromatic carbocycles. The number of hydrogen-bond donors (Lipinski definition) is 2. The van der Waals surface area contributed by atoms with E-state index >= 15 is 0 Å². The highest BCUT2D eigenvalue weighted by Gasteiger charge is 2.13. The van der Waals surface area contributed by atoms with Gasteiger partial charge in [-0.1, -0.05) is 0 Å². The highest BCUT2D eigenvalue weighted by Crippen LogP contribution is 2.32. The summed E-state index contributed by atoms with van der Waals surface area (Å²) in [7, 11) is 5.09. The van der Waals surface area contributed by atoms with Gasteiger partial charge in [-0.25, -0.2) is 0 Å². The van der Waals surface area contributed by atoms with E-state index in [4.69, 9.17) is 21.7 Å². The number of H-pyrrole nitrogens is 1. The fraction of sp³-hybridized carbons (Fsp3) is 0.375. The van der Waals surface area contributed by atoms with E-state index in [0.717, 1.165) is 24.2 Å². The number of nitrogens with zero attached hydrogens (tertiary/aromatic N) is 1. The summed E-state index contributed by atoms with van der Waals surface area (Å²) >= 11 is 5.33. The Bertz CT molecular complexity index is 783. The molecule has 2 rings (SSSR count). The van der Waals surface area contributed by atoms with Crippen molar-refractivity contribution in [1.82, 2.24) is 14.9 Å². The SMILES string of the molecule is CNCCCn1c(-c2ccc(OC)cc2OC)cc(=O)[nH]c1=S. The number of aromatic nitrogens is 2. The third kappa shape index (κ3) is 4.00. The van der Waals surface area contributed by atoms with Crippen LogP contribution in [0.3, 0.4) is 0 Å². The van der Waals surface area contributed by atoms with Gasteiger partial charge in [-0.15, -0.1) is 0 Å². The molecule has 0 bridgehead atoms. The number of methoxy groups -OCH3 is 2. The monoisotopic (exact) mass is 335 g/mol. The van der Waals surface area contributed by atoms with Crippen LogP contribution in [0.25, 0.3) is 11.3 Å². The molecule has 0 spiro atoms. The third-order valence-corrected chi connectivity index (χ3v) is 3.85.